The summed E-state index contributed by atoms with van der Waals surface area (Å²) in [5, 5.41) is 0. The summed E-state index contributed by atoms with van der Waals surface area (Å²) in [7, 11) is 0. The molecule has 2 unspecified atom stereocenters. The molecule has 2 atom stereocenters. The second kappa shape index (κ2) is 6.69. The normalized spacial score (nSPS) is 21.6. The molecule has 0 bridgehead atoms. The third-order valence-electron chi connectivity index (χ3n) is 3.30. The zero-order valence-electron chi connectivity index (χ0n) is 10.1. The number of hydrazine groups is 1. The Morgan fingerprint density at radius 1 is 1.59 bits per heavy atom. The van der Waals surface area contributed by atoms with Crippen LogP contribution >= 0.6 is 0 Å². The Labute approximate surface area is 103 Å². The number of nitrogens with zero attached hydrogens (tertiary/aromatic N) is 1. The van der Waals surface area contributed by atoms with E-state index in [1.54, 1.807) is 6.20 Å². The Morgan fingerprint density at radius 2 is 2.53 bits per heavy atom. The Hall–Kier alpha value is -0.970. The number of hydrogen-bond donors (Lipinski definition) is 2. The molecule has 0 saturated carbocycles. The van der Waals surface area contributed by atoms with Gasteiger partial charge in [-0.2, -0.15) is 0 Å². The summed E-state index contributed by atoms with van der Waals surface area (Å²) in [6.45, 7) is 0.925. The summed E-state index contributed by atoms with van der Waals surface area (Å²) in [6.07, 6.45) is 9.61. The number of aromatic nitrogens is 1. The van der Waals surface area contributed by atoms with Gasteiger partial charge in [-0.15, -0.1) is 0 Å². The van der Waals surface area contributed by atoms with E-state index in [1.807, 2.05) is 12.3 Å². The molecule has 3 N–H and O–H groups in total. The van der Waals surface area contributed by atoms with Crippen molar-refractivity contribution in [3.05, 3.63) is 30.1 Å². The van der Waals surface area contributed by atoms with E-state index >= 15 is 0 Å². The summed E-state index contributed by atoms with van der Waals surface area (Å²) in [6, 6.07) is 4.36. The van der Waals surface area contributed by atoms with Crippen LogP contribution in [0.1, 0.15) is 31.2 Å². The molecule has 4 heteroatoms. The highest BCUT2D eigenvalue weighted by Gasteiger charge is 2.17. The molecule has 1 saturated heterocycles. The molecule has 1 fully saturated rings. The standard InChI is InChI=1S/C13H21N3O/c14-16-12(5-6-13-4-2-8-17-13)9-11-3-1-7-15-10-11/h1,3,7,10,12-13,16H,2,4-6,8-9,14H2. The average Bonchev–Trinajstić information content (AvgIpc) is 2.89. The molecule has 4 nitrogen and oxygen atoms in total. The monoisotopic (exact) mass is 235 g/mol. The van der Waals surface area contributed by atoms with Gasteiger partial charge in [-0.25, -0.2) is 0 Å². The largest absolute Gasteiger partial charge is 0.378 e. The van der Waals surface area contributed by atoms with Gasteiger partial charge in [-0.05, 0) is 43.7 Å². The second-order valence-corrected chi connectivity index (χ2v) is 4.64. The lowest BCUT2D eigenvalue weighted by molar-refractivity contribution is 0.0996. The highest BCUT2D eigenvalue weighted by atomic mass is 16.5. The average molecular weight is 235 g/mol. The molecule has 17 heavy (non-hydrogen) atoms. The molecular formula is C13H21N3O. The van der Waals surface area contributed by atoms with Gasteiger partial charge in [0.2, 0.25) is 0 Å². The fraction of sp³-hybridized carbons (Fsp3) is 0.615. The minimum Gasteiger partial charge on any atom is -0.378 e. The lowest BCUT2D eigenvalue weighted by Gasteiger charge is -2.17. The lowest BCUT2D eigenvalue weighted by Crippen LogP contribution is -2.37. The van der Waals surface area contributed by atoms with Crippen molar-refractivity contribution < 1.29 is 4.74 Å². The predicted octanol–water partition coefficient (Wildman–Crippen LogP) is 1.42. The molecule has 0 amide bonds. The van der Waals surface area contributed by atoms with Crippen molar-refractivity contribution >= 4 is 0 Å². The molecule has 0 radical (unpaired) electrons. The molecule has 94 valence electrons. The van der Waals surface area contributed by atoms with Crippen LogP contribution in [0.15, 0.2) is 24.5 Å². The Kier molecular flexibility index (Phi) is 4.91. The van der Waals surface area contributed by atoms with Crippen LogP contribution in [0.25, 0.3) is 0 Å². The number of rotatable bonds is 6. The van der Waals surface area contributed by atoms with E-state index in [1.165, 1.54) is 18.4 Å². The van der Waals surface area contributed by atoms with Crippen molar-refractivity contribution in [3.8, 4) is 0 Å². The van der Waals surface area contributed by atoms with Crippen LogP contribution in [0.3, 0.4) is 0 Å². The SMILES string of the molecule is NNC(CCC1CCCO1)Cc1cccnc1. The number of pyridine rings is 1. The minimum absolute atomic E-state index is 0.309. The first-order valence-electron chi connectivity index (χ1n) is 6.35. The number of hydrogen-bond acceptors (Lipinski definition) is 4. The van der Waals surface area contributed by atoms with Crippen LogP contribution in [0.5, 0.6) is 0 Å². The first kappa shape index (κ1) is 12.5. The number of nitrogens with two attached hydrogens (primary N) is 1. The fourth-order valence-corrected chi connectivity index (χ4v) is 2.31. The van der Waals surface area contributed by atoms with E-state index in [2.05, 4.69) is 16.5 Å². The van der Waals surface area contributed by atoms with Crippen molar-refractivity contribution in [2.75, 3.05) is 6.61 Å². The zero-order chi connectivity index (χ0) is 11.9. The van der Waals surface area contributed by atoms with Crippen LogP contribution in [0.2, 0.25) is 0 Å². The summed E-state index contributed by atoms with van der Waals surface area (Å²) in [5.74, 6) is 5.59. The molecule has 0 aliphatic carbocycles. The first-order chi connectivity index (χ1) is 8.38. The van der Waals surface area contributed by atoms with Crippen molar-refractivity contribution in [1.82, 2.24) is 10.4 Å². The predicted molar refractivity (Wildman–Crippen MR) is 67.3 cm³/mol. The third kappa shape index (κ3) is 4.07. The van der Waals surface area contributed by atoms with E-state index in [-0.39, 0.29) is 0 Å². The van der Waals surface area contributed by atoms with Gasteiger partial charge in [-0.3, -0.25) is 16.3 Å². The molecule has 2 heterocycles. The highest BCUT2D eigenvalue weighted by molar-refractivity contribution is 5.10. The molecule has 0 spiro atoms. The van der Waals surface area contributed by atoms with Crippen LogP contribution in [-0.2, 0) is 11.2 Å². The minimum atomic E-state index is 0.309. The van der Waals surface area contributed by atoms with Gasteiger partial charge >= 0.3 is 0 Å². The lowest BCUT2D eigenvalue weighted by atomic mass is 10.0. The Morgan fingerprint density at radius 3 is 3.18 bits per heavy atom. The second-order valence-electron chi connectivity index (χ2n) is 4.64. The molecule has 0 aromatic carbocycles. The number of nitrogens with one attached hydrogen (secondary N) is 1. The van der Waals surface area contributed by atoms with E-state index in [4.69, 9.17) is 10.6 Å². The molecule has 1 aliphatic heterocycles. The third-order valence-corrected chi connectivity index (χ3v) is 3.30. The summed E-state index contributed by atoms with van der Waals surface area (Å²) < 4.78 is 5.62. The van der Waals surface area contributed by atoms with Crippen molar-refractivity contribution in [1.29, 1.82) is 0 Å². The molecule has 2 rings (SSSR count). The van der Waals surface area contributed by atoms with E-state index in [0.29, 0.717) is 12.1 Å². The topological polar surface area (TPSA) is 60.2 Å². The fourth-order valence-electron chi connectivity index (χ4n) is 2.31. The van der Waals surface area contributed by atoms with Gasteiger partial charge in [0.15, 0.2) is 0 Å². The van der Waals surface area contributed by atoms with Crippen LogP contribution in [-0.4, -0.2) is 23.7 Å². The van der Waals surface area contributed by atoms with Gasteiger partial charge in [0, 0.05) is 25.0 Å². The summed E-state index contributed by atoms with van der Waals surface area (Å²) in [5.41, 5.74) is 4.12. The van der Waals surface area contributed by atoms with Crippen molar-refractivity contribution in [3.63, 3.8) is 0 Å². The molecule has 1 aliphatic rings. The van der Waals surface area contributed by atoms with Crippen LogP contribution in [0.4, 0.5) is 0 Å². The maximum absolute atomic E-state index is 5.62. The number of ether oxygens (including phenoxy) is 1. The quantitative estimate of drug-likeness (QED) is 0.578. The molecule has 1 aromatic rings. The van der Waals surface area contributed by atoms with E-state index < -0.39 is 0 Å². The molecular weight excluding hydrogens is 214 g/mol. The maximum atomic E-state index is 5.62. The first-order valence-corrected chi connectivity index (χ1v) is 6.35. The van der Waals surface area contributed by atoms with E-state index in [9.17, 15) is 0 Å². The summed E-state index contributed by atoms with van der Waals surface area (Å²) in [4.78, 5) is 4.12. The Bertz CT molecular complexity index is 312. The van der Waals surface area contributed by atoms with Gasteiger partial charge in [0.1, 0.15) is 0 Å². The van der Waals surface area contributed by atoms with Gasteiger partial charge in [0.05, 0.1) is 6.10 Å². The smallest absolute Gasteiger partial charge is 0.0576 e. The highest BCUT2D eigenvalue weighted by Crippen LogP contribution is 2.18. The van der Waals surface area contributed by atoms with E-state index in [0.717, 1.165) is 25.9 Å². The summed E-state index contributed by atoms with van der Waals surface area (Å²) >= 11 is 0. The van der Waals surface area contributed by atoms with Crippen molar-refractivity contribution in [2.45, 2.75) is 44.2 Å². The Balaban J connectivity index is 1.76. The molecule has 1 aromatic heterocycles. The van der Waals surface area contributed by atoms with Gasteiger partial charge < -0.3 is 4.74 Å². The van der Waals surface area contributed by atoms with Gasteiger partial charge in [0.25, 0.3) is 0 Å². The van der Waals surface area contributed by atoms with Gasteiger partial charge in [-0.1, -0.05) is 6.07 Å². The van der Waals surface area contributed by atoms with Crippen LogP contribution < -0.4 is 11.3 Å². The van der Waals surface area contributed by atoms with Crippen LogP contribution in [0, 0.1) is 0 Å². The van der Waals surface area contributed by atoms with Crippen molar-refractivity contribution in [2.24, 2.45) is 5.84 Å². The zero-order valence-corrected chi connectivity index (χ0v) is 10.1. The maximum Gasteiger partial charge on any atom is 0.0576 e.